The van der Waals surface area contributed by atoms with Crippen molar-refractivity contribution in [3.63, 3.8) is 0 Å². The lowest BCUT2D eigenvalue weighted by Gasteiger charge is -2.29. The maximum absolute atomic E-state index is 6.07. The summed E-state index contributed by atoms with van der Waals surface area (Å²) in [6.07, 6.45) is 1.04. The molecule has 1 aromatic rings. The minimum absolute atomic E-state index is 0.248. The summed E-state index contributed by atoms with van der Waals surface area (Å²) < 4.78 is 5.35. The van der Waals surface area contributed by atoms with Crippen molar-refractivity contribution in [3.8, 4) is 0 Å². The normalized spacial score (nSPS) is 15.8. The molecule has 0 bridgehead atoms. The monoisotopic (exact) mass is 299 g/mol. The summed E-state index contributed by atoms with van der Waals surface area (Å²) in [5, 5.41) is 0.248. The van der Waals surface area contributed by atoms with Gasteiger partial charge in [-0.2, -0.15) is 15.0 Å². The van der Waals surface area contributed by atoms with Crippen molar-refractivity contribution < 1.29 is 4.74 Å². The second-order valence-corrected chi connectivity index (χ2v) is 5.43. The zero-order valence-corrected chi connectivity index (χ0v) is 13.1. The molecule has 6 nitrogen and oxygen atoms in total. The van der Waals surface area contributed by atoms with E-state index in [1.165, 1.54) is 0 Å². The lowest BCUT2D eigenvalue weighted by Crippen LogP contribution is -2.38. The highest BCUT2D eigenvalue weighted by Crippen LogP contribution is 2.19. The molecule has 0 spiro atoms. The maximum atomic E-state index is 6.07. The number of hydrogen-bond acceptors (Lipinski definition) is 6. The molecule has 0 amide bonds. The Morgan fingerprint density at radius 2 is 1.95 bits per heavy atom. The molecule has 2 rings (SSSR count). The van der Waals surface area contributed by atoms with Gasteiger partial charge in [0.05, 0.1) is 13.2 Å². The molecule has 7 heteroatoms. The third-order valence-electron chi connectivity index (χ3n) is 3.22. The van der Waals surface area contributed by atoms with Crippen LogP contribution in [-0.4, -0.2) is 53.8 Å². The van der Waals surface area contributed by atoms with Gasteiger partial charge in [0.15, 0.2) is 0 Å². The third-order valence-corrected chi connectivity index (χ3v) is 3.39. The fraction of sp³-hybridized carbons (Fsp3) is 0.769. The standard InChI is InChI=1S/C13H22ClN5O/c1-4-5-19(10(2)3)13-16-11(14)15-12(17-13)18-6-8-20-9-7-18/h10H,4-9H2,1-3H3. The molecule has 1 aliphatic rings. The molecule has 0 unspecified atom stereocenters. The number of morpholine rings is 1. The Kier molecular flexibility index (Phi) is 5.37. The van der Waals surface area contributed by atoms with Crippen molar-refractivity contribution in [1.82, 2.24) is 15.0 Å². The Balaban J connectivity index is 2.26. The average molecular weight is 300 g/mol. The van der Waals surface area contributed by atoms with Gasteiger partial charge in [-0.1, -0.05) is 6.92 Å². The lowest BCUT2D eigenvalue weighted by molar-refractivity contribution is 0.122. The van der Waals surface area contributed by atoms with Crippen molar-refractivity contribution in [2.45, 2.75) is 33.2 Å². The van der Waals surface area contributed by atoms with Gasteiger partial charge in [-0.3, -0.25) is 0 Å². The van der Waals surface area contributed by atoms with E-state index in [4.69, 9.17) is 16.3 Å². The van der Waals surface area contributed by atoms with E-state index in [9.17, 15) is 0 Å². The van der Waals surface area contributed by atoms with E-state index < -0.39 is 0 Å². The Labute approximate surface area is 125 Å². The van der Waals surface area contributed by atoms with Gasteiger partial charge in [0.25, 0.3) is 0 Å². The predicted molar refractivity (Wildman–Crippen MR) is 80.6 cm³/mol. The molecule has 1 fully saturated rings. The Hall–Kier alpha value is -1.14. The number of hydrogen-bond donors (Lipinski definition) is 0. The summed E-state index contributed by atoms with van der Waals surface area (Å²) in [6.45, 7) is 10.3. The molecule has 112 valence electrons. The van der Waals surface area contributed by atoms with E-state index in [2.05, 4.69) is 45.5 Å². The van der Waals surface area contributed by atoms with Crippen LogP contribution >= 0.6 is 11.6 Å². The zero-order chi connectivity index (χ0) is 14.5. The number of rotatable bonds is 5. The number of nitrogens with zero attached hydrogens (tertiary/aromatic N) is 5. The molecule has 1 aromatic heterocycles. The summed E-state index contributed by atoms with van der Waals surface area (Å²) in [4.78, 5) is 17.4. The topological polar surface area (TPSA) is 54.4 Å². The second kappa shape index (κ2) is 7.04. The molecular weight excluding hydrogens is 278 g/mol. The largest absolute Gasteiger partial charge is 0.378 e. The fourth-order valence-electron chi connectivity index (χ4n) is 2.19. The molecule has 0 saturated carbocycles. The first kappa shape index (κ1) is 15.3. The van der Waals surface area contributed by atoms with Crippen LogP contribution in [0.25, 0.3) is 0 Å². The van der Waals surface area contributed by atoms with Gasteiger partial charge < -0.3 is 14.5 Å². The van der Waals surface area contributed by atoms with Crippen molar-refractivity contribution in [2.75, 3.05) is 42.6 Å². The first-order chi connectivity index (χ1) is 9.61. The van der Waals surface area contributed by atoms with E-state index in [0.717, 1.165) is 26.1 Å². The van der Waals surface area contributed by atoms with Crippen LogP contribution in [0.15, 0.2) is 0 Å². The van der Waals surface area contributed by atoms with Crippen LogP contribution in [0, 0.1) is 0 Å². The molecule has 2 heterocycles. The maximum Gasteiger partial charge on any atom is 0.231 e. The molecule has 0 atom stereocenters. The SMILES string of the molecule is CCCN(c1nc(Cl)nc(N2CCOCC2)n1)C(C)C. The van der Waals surface area contributed by atoms with Gasteiger partial charge in [-0.15, -0.1) is 0 Å². The molecular formula is C13H22ClN5O. The quantitative estimate of drug-likeness (QED) is 0.829. The first-order valence-electron chi connectivity index (χ1n) is 7.12. The molecule has 0 N–H and O–H groups in total. The number of aromatic nitrogens is 3. The minimum Gasteiger partial charge on any atom is -0.378 e. The average Bonchev–Trinajstić information content (AvgIpc) is 2.44. The molecule has 20 heavy (non-hydrogen) atoms. The Bertz CT molecular complexity index is 437. The van der Waals surface area contributed by atoms with Crippen LogP contribution in [0.3, 0.4) is 0 Å². The summed E-state index contributed by atoms with van der Waals surface area (Å²) in [7, 11) is 0. The fourth-order valence-corrected chi connectivity index (χ4v) is 2.34. The Morgan fingerprint density at radius 1 is 1.25 bits per heavy atom. The highest BCUT2D eigenvalue weighted by atomic mass is 35.5. The molecule has 0 aromatic carbocycles. The van der Waals surface area contributed by atoms with Crippen LogP contribution in [-0.2, 0) is 4.74 Å². The minimum atomic E-state index is 0.248. The highest BCUT2D eigenvalue weighted by molar-refractivity contribution is 6.28. The summed E-state index contributed by atoms with van der Waals surface area (Å²) in [5.41, 5.74) is 0. The number of anilines is 2. The summed E-state index contributed by atoms with van der Waals surface area (Å²) >= 11 is 6.07. The second-order valence-electron chi connectivity index (χ2n) is 5.09. The van der Waals surface area contributed by atoms with Gasteiger partial charge in [0.1, 0.15) is 0 Å². The van der Waals surface area contributed by atoms with Crippen LogP contribution in [0.2, 0.25) is 5.28 Å². The summed E-state index contributed by atoms with van der Waals surface area (Å²) in [5.74, 6) is 1.30. The first-order valence-corrected chi connectivity index (χ1v) is 7.50. The van der Waals surface area contributed by atoms with Crippen LogP contribution in [0.4, 0.5) is 11.9 Å². The van der Waals surface area contributed by atoms with Crippen molar-refractivity contribution >= 4 is 23.5 Å². The van der Waals surface area contributed by atoms with Gasteiger partial charge >= 0.3 is 0 Å². The number of halogens is 1. The molecule has 1 saturated heterocycles. The highest BCUT2D eigenvalue weighted by Gasteiger charge is 2.19. The smallest absolute Gasteiger partial charge is 0.231 e. The third kappa shape index (κ3) is 3.70. The predicted octanol–water partition coefficient (Wildman–Crippen LogP) is 1.99. The zero-order valence-electron chi connectivity index (χ0n) is 12.3. The van der Waals surface area contributed by atoms with Gasteiger partial charge in [0, 0.05) is 25.7 Å². The van der Waals surface area contributed by atoms with Gasteiger partial charge in [0.2, 0.25) is 17.2 Å². The number of ether oxygens (including phenoxy) is 1. The summed E-state index contributed by atoms with van der Waals surface area (Å²) in [6, 6.07) is 0.325. The van der Waals surface area contributed by atoms with Crippen molar-refractivity contribution in [3.05, 3.63) is 5.28 Å². The molecule has 0 aliphatic carbocycles. The molecule has 1 aliphatic heterocycles. The lowest BCUT2D eigenvalue weighted by atomic mass is 10.3. The van der Waals surface area contributed by atoms with E-state index in [0.29, 0.717) is 31.2 Å². The van der Waals surface area contributed by atoms with E-state index >= 15 is 0 Å². The van der Waals surface area contributed by atoms with Gasteiger partial charge in [-0.05, 0) is 31.9 Å². The van der Waals surface area contributed by atoms with Crippen molar-refractivity contribution in [1.29, 1.82) is 0 Å². The molecule has 0 radical (unpaired) electrons. The van der Waals surface area contributed by atoms with Crippen LogP contribution < -0.4 is 9.80 Å². The van der Waals surface area contributed by atoms with Crippen LogP contribution in [0.5, 0.6) is 0 Å². The van der Waals surface area contributed by atoms with E-state index in [1.807, 2.05) is 0 Å². The van der Waals surface area contributed by atoms with Crippen LogP contribution in [0.1, 0.15) is 27.2 Å². The van der Waals surface area contributed by atoms with E-state index in [1.54, 1.807) is 0 Å². The van der Waals surface area contributed by atoms with Gasteiger partial charge in [-0.25, -0.2) is 0 Å². The Morgan fingerprint density at radius 3 is 2.55 bits per heavy atom. The van der Waals surface area contributed by atoms with Crippen molar-refractivity contribution in [2.24, 2.45) is 0 Å². The van der Waals surface area contributed by atoms with E-state index in [-0.39, 0.29) is 5.28 Å².